The normalized spacial score (nSPS) is 11.5. The minimum Gasteiger partial charge on any atom is -0.310 e. The molecule has 0 aliphatic rings. The Hall–Kier alpha value is -16.8. The lowest BCUT2D eigenvalue weighted by Gasteiger charge is -2.27. The molecule has 0 N–H and O–H groups in total. The Labute approximate surface area is 846 Å². The minimum atomic E-state index is 1.13. The zero-order valence-corrected chi connectivity index (χ0v) is 81.7. The molecule has 22 aromatic carbocycles. The summed E-state index contributed by atoms with van der Waals surface area (Å²) in [6.45, 7) is 0. The SMILES string of the molecule is c1ccc(N(c2ccc3sc4ccccc4c3c2)c2ccc3sc4cc(N(c5ccccc5)c5cccc6ccccc56)ccc4c3c2)cc1.c1ccc(N(c2ccc3sc4ccccc4c3c2)c2ccc3sc4cccc(N(c5ccccc5)c5ccccc5)c4c3c2)cc1.c1ccc(N(c2ccccc2)c2ccc3sc4cc(N(c5ccccc5)c5cccc6c5sc5ccccc56)ccc4c3c2)cc1. The highest BCUT2D eigenvalue weighted by molar-refractivity contribution is 7.28. The minimum absolute atomic E-state index is 1.13. The van der Waals surface area contributed by atoms with Gasteiger partial charge in [-0.15, -0.1) is 68.0 Å². The van der Waals surface area contributed by atoms with E-state index >= 15 is 0 Å². The molecule has 0 aliphatic heterocycles. The molecule has 0 amide bonds. The van der Waals surface area contributed by atoms with Crippen molar-refractivity contribution in [2.24, 2.45) is 0 Å². The van der Waals surface area contributed by atoms with Crippen molar-refractivity contribution in [1.29, 1.82) is 0 Å². The molecule has 0 saturated carbocycles. The molecule has 672 valence electrons. The second-order valence-corrected chi connectivity index (χ2v) is 41.8. The molecule has 0 saturated heterocycles. The molecule has 0 unspecified atom stereocenters. The summed E-state index contributed by atoms with van der Waals surface area (Å²) in [6.07, 6.45) is 0. The molecule has 0 bridgehead atoms. The van der Waals surface area contributed by atoms with E-state index in [4.69, 9.17) is 0 Å². The van der Waals surface area contributed by atoms with Crippen molar-refractivity contribution >= 4 is 302 Å². The first-order chi connectivity index (χ1) is 70.4. The van der Waals surface area contributed by atoms with Gasteiger partial charge < -0.3 is 29.4 Å². The summed E-state index contributed by atoms with van der Waals surface area (Å²) >= 11 is 11.2. The molecule has 0 aliphatic carbocycles. The van der Waals surface area contributed by atoms with Crippen LogP contribution < -0.4 is 29.4 Å². The van der Waals surface area contributed by atoms with E-state index in [1.807, 2.05) is 68.0 Å². The van der Waals surface area contributed by atoms with Crippen molar-refractivity contribution in [3.8, 4) is 0 Å². The van der Waals surface area contributed by atoms with E-state index < -0.39 is 0 Å². The third kappa shape index (κ3) is 15.9. The zero-order valence-electron chi connectivity index (χ0n) is 76.8. The Morgan fingerprint density at radius 2 is 0.345 bits per heavy atom. The number of fused-ring (bicyclic) bond motifs is 19. The van der Waals surface area contributed by atoms with Gasteiger partial charge in [-0.2, -0.15) is 0 Å². The largest absolute Gasteiger partial charge is 0.310 e. The molecule has 28 aromatic rings. The number of thiophene rings is 6. The zero-order chi connectivity index (χ0) is 93.9. The van der Waals surface area contributed by atoms with Crippen LogP contribution in [0.2, 0.25) is 0 Å². The Balaban J connectivity index is 0.000000109. The molecule has 6 nitrogen and oxygen atoms in total. The van der Waals surface area contributed by atoms with Crippen LogP contribution in [-0.4, -0.2) is 0 Å². The van der Waals surface area contributed by atoms with E-state index in [2.05, 4.69) is 551 Å². The van der Waals surface area contributed by atoms with Crippen molar-refractivity contribution < 1.29 is 0 Å². The number of anilines is 18. The van der Waals surface area contributed by atoms with Gasteiger partial charge in [0.2, 0.25) is 0 Å². The van der Waals surface area contributed by atoms with Gasteiger partial charge in [-0.05, 0) is 260 Å². The number of hydrogen-bond acceptors (Lipinski definition) is 12. The van der Waals surface area contributed by atoms with Gasteiger partial charge in [0.05, 0.1) is 21.8 Å². The maximum atomic E-state index is 2.42. The van der Waals surface area contributed by atoms with Gasteiger partial charge in [-0.1, -0.05) is 267 Å². The van der Waals surface area contributed by atoms with E-state index in [9.17, 15) is 0 Å². The second kappa shape index (κ2) is 37.2. The Morgan fingerprint density at radius 3 is 0.754 bits per heavy atom. The smallest absolute Gasteiger partial charge is 0.0640 e. The molecule has 12 heteroatoms. The van der Waals surface area contributed by atoms with E-state index in [-0.39, 0.29) is 0 Å². The standard InChI is InChI=1S/C46H30N2S2.2C42H28N2S2/c1-3-14-32(15-4-1)47(34-23-26-44-40(28-34)38-19-9-10-21-43(38)49-44)35-24-27-45-41(29-35)39-25-22-36(30-46(39)50-45)48(33-16-5-2-6-17-33)42-20-11-13-31-12-7-8-18-37(31)42;1-4-13-29(14-5-1)43(30-15-6-2-7-16-30)32-24-26-40-37(27-32)35-25-23-33(28-41(35)45-40)44(31-17-8-3-9-18-31)38-21-12-20-36-34-19-10-11-22-39(34)46-42(36)38;1-4-13-29(14-5-1)43(32-23-25-39-35(27-32)34-19-10-11-21-38(34)45-39)33-24-26-40-36(28-33)42-37(20-12-22-41(42)46-40)44(30-15-6-2-7-16-30)31-17-8-3-9-18-31/h1-30H;2*1-28H. The maximum Gasteiger partial charge on any atom is 0.0640 e. The predicted octanol–water partition coefficient (Wildman–Crippen LogP) is 41.2. The number of nitrogens with zero attached hydrogens (tertiary/aromatic N) is 6. The van der Waals surface area contributed by atoms with E-state index in [1.54, 1.807) is 0 Å². The third-order valence-corrected chi connectivity index (χ3v) is 33.8. The molecular weight excluding hydrogens is 1840 g/mol. The van der Waals surface area contributed by atoms with Gasteiger partial charge >= 0.3 is 0 Å². The third-order valence-electron chi connectivity index (χ3n) is 26.8. The van der Waals surface area contributed by atoms with Crippen LogP contribution in [0.1, 0.15) is 0 Å². The number of benzene rings is 22. The van der Waals surface area contributed by atoms with Gasteiger partial charge in [0.25, 0.3) is 0 Å². The Bertz CT molecular complexity index is 9460. The van der Waals surface area contributed by atoms with Crippen LogP contribution in [0.3, 0.4) is 0 Å². The lowest BCUT2D eigenvalue weighted by atomic mass is 10.1. The highest BCUT2D eigenvalue weighted by atomic mass is 32.1. The first-order valence-corrected chi connectivity index (χ1v) is 52.6. The van der Waals surface area contributed by atoms with Gasteiger partial charge in [0, 0.05) is 207 Å². The Kier molecular flexibility index (Phi) is 22.4. The highest BCUT2D eigenvalue weighted by Gasteiger charge is 2.27. The predicted molar refractivity (Wildman–Crippen MR) is 622 cm³/mol. The molecule has 0 fully saturated rings. The van der Waals surface area contributed by atoms with Crippen molar-refractivity contribution in [2.75, 3.05) is 29.4 Å². The summed E-state index contributed by atoms with van der Waals surface area (Å²) < 4.78 is 15.6. The summed E-state index contributed by atoms with van der Waals surface area (Å²) in [5, 5.41) is 17.9. The maximum absolute atomic E-state index is 2.42. The number of para-hydroxylation sites is 8. The first kappa shape index (κ1) is 85.6. The van der Waals surface area contributed by atoms with Crippen LogP contribution in [0.5, 0.6) is 0 Å². The van der Waals surface area contributed by atoms with Gasteiger partial charge in [0.1, 0.15) is 0 Å². The van der Waals surface area contributed by atoms with Gasteiger partial charge in [-0.25, -0.2) is 0 Å². The van der Waals surface area contributed by atoms with Gasteiger partial charge in [-0.3, -0.25) is 0 Å². The van der Waals surface area contributed by atoms with Crippen molar-refractivity contribution in [3.05, 3.63) is 522 Å². The molecule has 0 atom stereocenters. The molecule has 0 radical (unpaired) electrons. The van der Waals surface area contributed by atoms with Crippen molar-refractivity contribution in [1.82, 2.24) is 0 Å². The van der Waals surface area contributed by atoms with Gasteiger partial charge in [0.15, 0.2) is 0 Å². The summed E-state index contributed by atoms with van der Waals surface area (Å²) in [4.78, 5) is 14.3. The van der Waals surface area contributed by atoms with Crippen molar-refractivity contribution in [2.45, 2.75) is 0 Å². The van der Waals surface area contributed by atoms with E-state index in [0.717, 1.165) is 85.3 Å². The summed E-state index contributed by atoms with van der Waals surface area (Å²) in [6, 6.07) is 189. The van der Waals surface area contributed by atoms with Crippen LogP contribution in [0, 0.1) is 0 Å². The average Bonchev–Trinajstić information content (AvgIpc) is 1.61. The monoisotopic (exact) mass is 1920 g/mol. The molecule has 6 aromatic heterocycles. The molecule has 142 heavy (non-hydrogen) atoms. The first-order valence-electron chi connectivity index (χ1n) is 47.7. The fourth-order valence-electron chi connectivity index (χ4n) is 20.4. The fourth-order valence-corrected chi connectivity index (χ4v) is 27.2. The average molecular weight is 1920 g/mol. The topological polar surface area (TPSA) is 19.4 Å². The lowest BCUT2D eigenvalue weighted by molar-refractivity contribution is 1.29. The lowest BCUT2D eigenvalue weighted by Crippen LogP contribution is -2.10. The highest BCUT2D eigenvalue weighted by Crippen LogP contribution is 2.54. The Morgan fingerprint density at radius 1 is 0.113 bits per heavy atom. The molecular formula is C130H86N6S6. The summed E-state index contributed by atoms with van der Waals surface area (Å²) in [5.41, 5.74) is 20.7. The van der Waals surface area contributed by atoms with E-state index in [1.165, 1.54) is 149 Å². The summed E-state index contributed by atoms with van der Waals surface area (Å²) in [5.74, 6) is 0. The van der Waals surface area contributed by atoms with Crippen molar-refractivity contribution in [3.63, 3.8) is 0 Å². The van der Waals surface area contributed by atoms with Crippen LogP contribution in [-0.2, 0) is 0 Å². The summed E-state index contributed by atoms with van der Waals surface area (Å²) in [7, 11) is 0. The van der Waals surface area contributed by atoms with Crippen LogP contribution in [0.15, 0.2) is 522 Å². The quantitative estimate of drug-likeness (QED) is 0.0847. The molecule has 6 heterocycles. The fraction of sp³-hybridized carbons (Fsp3) is 0. The van der Waals surface area contributed by atoms with E-state index in [0.29, 0.717) is 0 Å². The molecule has 0 spiro atoms. The van der Waals surface area contributed by atoms with Crippen LogP contribution in [0.4, 0.5) is 102 Å². The number of rotatable bonds is 18. The van der Waals surface area contributed by atoms with Crippen LogP contribution >= 0.6 is 68.0 Å². The number of hydrogen-bond donors (Lipinski definition) is 0. The van der Waals surface area contributed by atoms with Crippen LogP contribution in [0.25, 0.3) is 132 Å². The molecule has 28 rings (SSSR count). The second-order valence-electron chi connectivity index (χ2n) is 35.4.